The Labute approximate surface area is 91.9 Å². The van der Waals surface area contributed by atoms with Gasteiger partial charge in [0.05, 0.1) is 6.61 Å². The van der Waals surface area contributed by atoms with Crippen LogP contribution < -0.4 is 0 Å². The summed E-state index contributed by atoms with van der Waals surface area (Å²) in [5.41, 5.74) is 0. The summed E-state index contributed by atoms with van der Waals surface area (Å²) in [6, 6.07) is 0. The molecular formula is C8H8F6O3. The van der Waals surface area contributed by atoms with E-state index in [-0.39, 0.29) is 6.42 Å². The van der Waals surface area contributed by atoms with Crippen LogP contribution in [-0.4, -0.2) is 24.4 Å². The molecule has 1 N–H and O–H groups in total. The van der Waals surface area contributed by atoms with Gasteiger partial charge in [0.15, 0.2) is 5.83 Å². The number of alkyl halides is 2. The van der Waals surface area contributed by atoms with E-state index in [4.69, 9.17) is 5.11 Å². The van der Waals surface area contributed by atoms with Gasteiger partial charge in [0.25, 0.3) is 0 Å². The molecule has 17 heavy (non-hydrogen) atoms. The van der Waals surface area contributed by atoms with E-state index in [0.717, 1.165) is 0 Å². The number of allylic oxidation sites excluding steroid dienone is 2. The zero-order valence-corrected chi connectivity index (χ0v) is 8.23. The Morgan fingerprint density at radius 2 is 1.82 bits per heavy atom. The predicted octanol–water partition coefficient (Wildman–Crippen LogP) is 2.84. The van der Waals surface area contributed by atoms with Gasteiger partial charge in [-0.2, -0.15) is 18.1 Å². The molecule has 0 unspecified atom stereocenters. The lowest BCUT2D eigenvalue weighted by Crippen LogP contribution is -2.23. The van der Waals surface area contributed by atoms with Crippen LogP contribution in [0.25, 0.3) is 0 Å². The monoisotopic (exact) mass is 266 g/mol. The number of aliphatic hydroxyl groups excluding tert-OH is 1. The van der Waals surface area contributed by atoms with Crippen molar-refractivity contribution >= 4 is 0 Å². The summed E-state index contributed by atoms with van der Waals surface area (Å²) >= 11 is 0. The van der Waals surface area contributed by atoms with E-state index in [1.807, 2.05) is 0 Å². The predicted molar refractivity (Wildman–Crippen MR) is 43.2 cm³/mol. The Balaban J connectivity index is 4.58. The average molecular weight is 266 g/mol. The van der Waals surface area contributed by atoms with Crippen LogP contribution in [0.15, 0.2) is 23.8 Å². The van der Waals surface area contributed by atoms with Gasteiger partial charge in [0.2, 0.25) is 11.7 Å². The molecule has 100 valence electrons. The van der Waals surface area contributed by atoms with Crippen molar-refractivity contribution in [2.45, 2.75) is 12.5 Å². The van der Waals surface area contributed by atoms with Crippen molar-refractivity contribution in [3.63, 3.8) is 0 Å². The largest absolute Gasteiger partial charge is 0.437 e. The first-order valence-electron chi connectivity index (χ1n) is 4.18. The first-order chi connectivity index (χ1) is 7.86. The van der Waals surface area contributed by atoms with Crippen molar-refractivity contribution in [1.82, 2.24) is 0 Å². The SMILES string of the molecule is OCCCOOC(F)(F)/C(F)=C(F)/C(F)=C/F. The van der Waals surface area contributed by atoms with Crippen molar-refractivity contribution < 1.29 is 41.2 Å². The molecule has 0 atom stereocenters. The van der Waals surface area contributed by atoms with E-state index in [1.165, 1.54) is 0 Å². The fourth-order valence-corrected chi connectivity index (χ4v) is 0.556. The molecule has 0 heterocycles. The summed E-state index contributed by atoms with van der Waals surface area (Å²) in [4.78, 5) is 6.91. The van der Waals surface area contributed by atoms with Crippen LogP contribution in [0.1, 0.15) is 6.42 Å². The van der Waals surface area contributed by atoms with Gasteiger partial charge in [0, 0.05) is 6.61 Å². The van der Waals surface area contributed by atoms with Crippen molar-refractivity contribution in [3.8, 4) is 0 Å². The molecule has 3 nitrogen and oxygen atoms in total. The van der Waals surface area contributed by atoms with Gasteiger partial charge in [-0.1, -0.05) is 0 Å². The van der Waals surface area contributed by atoms with Crippen LogP contribution in [0.4, 0.5) is 26.3 Å². The second-order valence-electron chi connectivity index (χ2n) is 2.58. The van der Waals surface area contributed by atoms with Gasteiger partial charge in [-0.25, -0.2) is 18.1 Å². The maximum absolute atomic E-state index is 12.6. The van der Waals surface area contributed by atoms with Crippen LogP contribution in [-0.2, 0) is 9.78 Å². The molecule has 0 aromatic rings. The van der Waals surface area contributed by atoms with Crippen molar-refractivity contribution in [2.24, 2.45) is 0 Å². The highest BCUT2D eigenvalue weighted by molar-refractivity contribution is 5.22. The van der Waals surface area contributed by atoms with Crippen LogP contribution in [0.2, 0.25) is 0 Å². The molecule has 0 radical (unpaired) electrons. The standard InChI is InChI=1S/C8H8F6O3/c9-4-5(10)6(11)7(12)8(13,14)17-16-3-1-2-15/h4,15H,1-3H2/b5-4-,7-6+. The van der Waals surface area contributed by atoms with E-state index >= 15 is 0 Å². The second-order valence-corrected chi connectivity index (χ2v) is 2.58. The first kappa shape index (κ1) is 15.9. The zero-order valence-electron chi connectivity index (χ0n) is 8.23. The minimum absolute atomic E-state index is 0.0946. The van der Waals surface area contributed by atoms with Crippen LogP contribution in [0.3, 0.4) is 0 Å². The Hall–Kier alpha value is -1.06. The number of rotatable bonds is 7. The average Bonchev–Trinajstić information content (AvgIpc) is 2.31. The highest BCUT2D eigenvalue weighted by atomic mass is 19.3. The van der Waals surface area contributed by atoms with Gasteiger partial charge >= 0.3 is 6.11 Å². The lowest BCUT2D eigenvalue weighted by atomic mass is 10.4. The molecule has 0 saturated carbocycles. The lowest BCUT2D eigenvalue weighted by Gasteiger charge is -2.13. The third kappa shape index (κ3) is 5.20. The minimum atomic E-state index is -4.90. The molecule has 0 rings (SSSR count). The fraction of sp³-hybridized carbons (Fsp3) is 0.500. The van der Waals surface area contributed by atoms with E-state index < -0.39 is 43.1 Å². The van der Waals surface area contributed by atoms with E-state index in [1.54, 1.807) is 0 Å². The molecule has 0 aliphatic carbocycles. The highest BCUT2D eigenvalue weighted by Gasteiger charge is 2.42. The molecular weight excluding hydrogens is 258 g/mol. The molecule has 0 fully saturated rings. The van der Waals surface area contributed by atoms with Gasteiger partial charge in [-0.15, -0.1) is 0 Å². The second kappa shape index (κ2) is 7.30. The van der Waals surface area contributed by atoms with Crippen LogP contribution in [0, 0.1) is 0 Å². The zero-order chi connectivity index (χ0) is 13.5. The topological polar surface area (TPSA) is 38.7 Å². The Kier molecular flexibility index (Phi) is 6.85. The molecule has 0 spiro atoms. The number of hydrogen-bond donors (Lipinski definition) is 1. The minimum Gasteiger partial charge on any atom is -0.396 e. The van der Waals surface area contributed by atoms with Gasteiger partial charge < -0.3 is 5.11 Å². The molecule has 0 aliphatic heterocycles. The number of aliphatic hydroxyl groups is 1. The van der Waals surface area contributed by atoms with Gasteiger partial charge in [-0.3, -0.25) is 0 Å². The summed E-state index contributed by atoms with van der Waals surface area (Å²) in [5.74, 6) is -8.14. The van der Waals surface area contributed by atoms with E-state index in [0.29, 0.717) is 0 Å². The summed E-state index contributed by atoms with van der Waals surface area (Å²) < 4.78 is 73.7. The Morgan fingerprint density at radius 1 is 1.24 bits per heavy atom. The molecule has 0 aromatic carbocycles. The smallest absolute Gasteiger partial charge is 0.396 e. The summed E-state index contributed by atoms with van der Waals surface area (Å²) in [5, 5.41) is 8.23. The summed E-state index contributed by atoms with van der Waals surface area (Å²) in [6.45, 7) is -0.927. The number of hydrogen-bond acceptors (Lipinski definition) is 3. The molecule has 0 saturated heterocycles. The van der Waals surface area contributed by atoms with E-state index in [2.05, 4.69) is 9.78 Å². The molecule has 0 amide bonds. The van der Waals surface area contributed by atoms with Gasteiger partial charge in [-0.05, 0) is 6.42 Å². The summed E-state index contributed by atoms with van der Waals surface area (Å²) in [6.07, 6.45) is -6.03. The maximum atomic E-state index is 12.6. The van der Waals surface area contributed by atoms with Gasteiger partial charge in [0.1, 0.15) is 6.33 Å². The third-order valence-electron chi connectivity index (χ3n) is 1.30. The van der Waals surface area contributed by atoms with Crippen molar-refractivity contribution in [2.75, 3.05) is 13.2 Å². The lowest BCUT2D eigenvalue weighted by molar-refractivity contribution is -0.429. The quantitative estimate of drug-likeness (QED) is 0.253. The summed E-state index contributed by atoms with van der Waals surface area (Å²) in [7, 11) is 0. The molecule has 9 heteroatoms. The Morgan fingerprint density at radius 3 is 2.29 bits per heavy atom. The molecule has 0 aliphatic rings. The maximum Gasteiger partial charge on any atom is 0.437 e. The van der Waals surface area contributed by atoms with Crippen molar-refractivity contribution in [1.29, 1.82) is 0 Å². The fourth-order valence-electron chi connectivity index (χ4n) is 0.556. The third-order valence-corrected chi connectivity index (χ3v) is 1.30. The normalized spacial score (nSPS) is 14.9. The highest BCUT2D eigenvalue weighted by Crippen LogP contribution is 2.33. The molecule has 0 aromatic heterocycles. The number of halogens is 6. The van der Waals surface area contributed by atoms with Crippen molar-refractivity contribution in [3.05, 3.63) is 23.8 Å². The Bertz CT molecular complexity index is 302. The van der Waals surface area contributed by atoms with Crippen LogP contribution in [0.5, 0.6) is 0 Å². The molecule has 0 bridgehead atoms. The first-order valence-corrected chi connectivity index (χ1v) is 4.18. The van der Waals surface area contributed by atoms with Crippen LogP contribution >= 0.6 is 0 Å². The van der Waals surface area contributed by atoms with E-state index in [9.17, 15) is 26.3 Å².